The van der Waals surface area contributed by atoms with Gasteiger partial charge in [0, 0.05) is 5.25 Å². The van der Waals surface area contributed by atoms with E-state index in [2.05, 4.69) is 12.1 Å². The van der Waals surface area contributed by atoms with E-state index in [1.165, 1.54) is 16.3 Å². The molecule has 2 aliphatic rings. The van der Waals surface area contributed by atoms with Crippen LogP contribution in [0.15, 0.2) is 36.4 Å². The Bertz CT molecular complexity index is 610. The van der Waals surface area contributed by atoms with Gasteiger partial charge in [0.25, 0.3) is 0 Å². The number of thioether (sulfide) groups is 1. The molecule has 0 bridgehead atoms. The van der Waals surface area contributed by atoms with Gasteiger partial charge in [-0.05, 0) is 21.9 Å². The van der Waals surface area contributed by atoms with Crippen LogP contribution in [0.4, 0.5) is 0 Å². The molecule has 2 aromatic carbocycles. The third-order valence-corrected chi connectivity index (χ3v) is 5.17. The van der Waals surface area contributed by atoms with Crippen molar-refractivity contribution in [1.82, 2.24) is 0 Å². The Balaban J connectivity index is 2.05. The van der Waals surface area contributed by atoms with Crippen molar-refractivity contribution in [2.45, 2.75) is 22.7 Å². The Hall–Kier alpha value is -1.03. The maximum atomic E-state index is 10.1. The van der Waals surface area contributed by atoms with Crippen LogP contribution in [0.5, 0.6) is 0 Å². The topological polar surface area (TPSA) is 40.5 Å². The monoisotopic (exact) mass is 244 g/mol. The highest BCUT2D eigenvalue weighted by molar-refractivity contribution is 8.07. The highest BCUT2D eigenvalue weighted by atomic mass is 32.2. The minimum Gasteiger partial charge on any atom is -0.389 e. The summed E-state index contributed by atoms with van der Waals surface area (Å²) < 4.78 is 0. The molecule has 86 valence electrons. The summed E-state index contributed by atoms with van der Waals surface area (Å²) in [6.07, 6.45) is -1.34. The predicted molar refractivity (Wildman–Crippen MR) is 69.0 cm³/mol. The van der Waals surface area contributed by atoms with Crippen molar-refractivity contribution in [3.63, 3.8) is 0 Å². The molecular weight excluding hydrogens is 232 g/mol. The first kappa shape index (κ1) is 9.95. The zero-order valence-corrected chi connectivity index (χ0v) is 9.89. The lowest BCUT2D eigenvalue weighted by molar-refractivity contribution is 0.0163. The fourth-order valence-corrected chi connectivity index (χ4v) is 4.12. The normalized spacial score (nSPS) is 34.2. The maximum Gasteiger partial charge on any atom is 0.106 e. The zero-order chi connectivity index (χ0) is 11.6. The molecule has 2 N–H and O–H groups in total. The fraction of sp³-hybridized carbons (Fsp3) is 0.286. The first-order valence-electron chi connectivity index (χ1n) is 5.80. The van der Waals surface area contributed by atoms with E-state index < -0.39 is 12.2 Å². The van der Waals surface area contributed by atoms with Crippen molar-refractivity contribution in [2.75, 3.05) is 0 Å². The predicted octanol–water partition coefficient (Wildman–Crippen LogP) is 2.40. The molecule has 2 aromatic rings. The average Bonchev–Trinajstić information content (AvgIpc) is 3.15. The van der Waals surface area contributed by atoms with Crippen molar-refractivity contribution in [3.8, 4) is 0 Å². The van der Waals surface area contributed by atoms with Crippen LogP contribution in [0, 0.1) is 0 Å². The minimum atomic E-state index is -0.731. The van der Waals surface area contributed by atoms with Gasteiger partial charge in [0.1, 0.15) is 6.10 Å². The van der Waals surface area contributed by atoms with E-state index >= 15 is 0 Å². The highest BCUT2D eigenvalue weighted by Gasteiger charge is 2.53. The van der Waals surface area contributed by atoms with Crippen LogP contribution in [0.2, 0.25) is 0 Å². The lowest BCUT2D eigenvalue weighted by atomic mass is 9.84. The zero-order valence-electron chi connectivity index (χ0n) is 9.08. The molecule has 0 saturated carbocycles. The molecule has 4 rings (SSSR count). The Morgan fingerprint density at radius 3 is 2.71 bits per heavy atom. The molecule has 0 amide bonds. The smallest absolute Gasteiger partial charge is 0.106 e. The van der Waals surface area contributed by atoms with Gasteiger partial charge in [-0.15, -0.1) is 11.8 Å². The van der Waals surface area contributed by atoms with Crippen molar-refractivity contribution in [3.05, 3.63) is 47.5 Å². The number of hydrogen-bond acceptors (Lipinski definition) is 3. The van der Waals surface area contributed by atoms with Crippen LogP contribution in [-0.4, -0.2) is 21.6 Å². The SMILES string of the molecule is O[C@@H]1[C@@H]2S[C@@H]2c2c(ccc3ccccc23)[C@H]1O. The second-order valence-electron chi connectivity index (χ2n) is 4.75. The largest absolute Gasteiger partial charge is 0.389 e. The Kier molecular flexibility index (Phi) is 1.90. The van der Waals surface area contributed by atoms with Crippen LogP contribution in [0.25, 0.3) is 10.8 Å². The van der Waals surface area contributed by atoms with Gasteiger partial charge in [0.05, 0.1) is 11.4 Å². The Morgan fingerprint density at radius 2 is 1.82 bits per heavy atom. The summed E-state index contributed by atoms with van der Waals surface area (Å²) in [5.41, 5.74) is 2.14. The lowest BCUT2D eigenvalue weighted by Crippen LogP contribution is -2.28. The van der Waals surface area contributed by atoms with Gasteiger partial charge >= 0.3 is 0 Å². The van der Waals surface area contributed by atoms with E-state index in [4.69, 9.17) is 0 Å². The molecule has 0 unspecified atom stereocenters. The van der Waals surface area contributed by atoms with Crippen molar-refractivity contribution >= 4 is 22.5 Å². The molecular formula is C14H12O2S. The Labute approximate surface area is 103 Å². The molecule has 1 aliphatic carbocycles. The summed E-state index contributed by atoms with van der Waals surface area (Å²) in [6.45, 7) is 0. The number of benzene rings is 2. The number of aliphatic hydroxyl groups is 2. The second kappa shape index (κ2) is 3.25. The molecule has 0 radical (unpaired) electrons. The van der Waals surface area contributed by atoms with Crippen LogP contribution in [0.1, 0.15) is 22.5 Å². The third-order valence-electron chi connectivity index (χ3n) is 3.79. The molecule has 2 nitrogen and oxygen atoms in total. The summed E-state index contributed by atoms with van der Waals surface area (Å²) in [5.74, 6) is 0. The molecule has 1 heterocycles. The van der Waals surface area contributed by atoms with Gasteiger partial charge in [0.2, 0.25) is 0 Å². The maximum absolute atomic E-state index is 10.1. The first-order chi connectivity index (χ1) is 8.27. The number of rotatable bonds is 0. The summed E-state index contributed by atoms with van der Waals surface area (Å²) in [6, 6.07) is 12.2. The van der Waals surface area contributed by atoms with Gasteiger partial charge in [-0.2, -0.15) is 0 Å². The van der Waals surface area contributed by atoms with Gasteiger partial charge in [-0.1, -0.05) is 36.4 Å². The van der Waals surface area contributed by atoms with Crippen molar-refractivity contribution < 1.29 is 10.2 Å². The molecule has 1 saturated heterocycles. The third kappa shape index (κ3) is 1.25. The summed E-state index contributed by atoms with van der Waals surface area (Å²) in [4.78, 5) is 0. The van der Waals surface area contributed by atoms with Crippen LogP contribution in [0.3, 0.4) is 0 Å². The van der Waals surface area contributed by atoms with E-state index in [9.17, 15) is 10.2 Å². The van der Waals surface area contributed by atoms with Crippen LogP contribution >= 0.6 is 11.8 Å². The average molecular weight is 244 g/mol. The van der Waals surface area contributed by atoms with E-state index in [0.717, 1.165) is 5.56 Å². The number of aliphatic hydroxyl groups excluding tert-OH is 2. The highest BCUT2D eigenvalue weighted by Crippen LogP contribution is 2.63. The first-order valence-corrected chi connectivity index (χ1v) is 6.75. The lowest BCUT2D eigenvalue weighted by Gasteiger charge is -2.25. The van der Waals surface area contributed by atoms with Gasteiger partial charge in [0.15, 0.2) is 0 Å². The summed E-state index contributed by atoms with van der Waals surface area (Å²) in [5, 5.41) is 23.0. The quantitative estimate of drug-likeness (QED) is 0.699. The molecule has 0 spiro atoms. The molecule has 1 aliphatic heterocycles. The second-order valence-corrected chi connectivity index (χ2v) is 6.07. The van der Waals surface area contributed by atoms with Crippen LogP contribution in [-0.2, 0) is 0 Å². The molecule has 17 heavy (non-hydrogen) atoms. The fourth-order valence-electron chi connectivity index (χ4n) is 2.87. The van der Waals surface area contributed by atoms with E-state index in [-0.39, 0.29) is 5.25 Å². The minimum absolute atomic E-state index is 0.184. The summed E-state index contributed by atoms with van der Waals surface area (Å²) in [7, 11) is 0. The molecule has 3 heteroatoms. The number of hydrogen-bond donors (Lipinski definition) is 2. The molecule has 1 fully saturated rings. The number of fused-ring (bicyclic) bond motifs is 5. The Morgan fingerprint density at radius 1 is 1.00 bits per heavy atom. The van der Waals surface area contributed by atoms with E-state index in [0.29, 0.717) is 5.25 Å². The summed E-state index contributed by atoms with van der Waals surface area (Å²) >= 11 is 1.76. The van der Waals surface area contributed by atoms with Gasteiger partial charge in [-0.3, -0.25) is 0 Å². The van der Waals surface area contributed by atoms with Crippen molar-refractivity contribution in [1.29, 1.82) is 0 Å². The standard InChI is InChI=1S/C14H12O2S/c15-11-9-6-5-7-3-1-2-4-8(7)10(9)13-14(17-13)12(11)16/h1-6,11-16H/t11-,12+,13-,14+/m1/s1. The van der Waals surface area contributed by atoms with Gasteiger partial charge in [-0.25, -0.2) is 0 Å². The molecule has 0 aromatic heterocycles. The molecule has 4 atom stereocenters. The van der Waals surface area contributed by atoms with Crippen molar-refractivity contribution in [2.24, 2.45) is 0 Å². The van der Waals surface area contributed by atoms with Crippen LogP contribution < -0.4 is 0 Å². The van der Waals surface area contributed by atoms with Gasteiger partial charge < -0.3 is 10.2 Å². The van der Waals surface area contributed by atoms with E-state index in [1.54, 1.807) is 11.8 Å². The van der Waals surface area contributed by atoms with E-state index in [1.807, 2.05) is 24.3 Å².